The summed E-state index contributed by atoms with van der Waals surface area (Å²) in [5, 5.41) is 11.3. The summed E-state index contributed by atoms with van der Waals surface area (Å²) in [5.41, 5.74) is 0.979. The molecule has 1 unspecified atom stereocenters. The number of aryl methyl sites for hydroxylation is 1. The summed E-state index contributed by atoms with van der Waals surface area (Å²) >= 11 is 0. The van der Waals surface area contributed by atoms with Crippen LogP contribution in [0.25, 0.3) is 0 Å². The molecule has 0 saturated heterocycles. The average molecular weight is 382 g/mol. The smallest absolute Gasteiger partial charge is 0.297 e. The summed E-state index contributed by atoms with van der Waals surface area (Å²) in [6.45, 7) is 1.51. The Morgan fingerprint density at radius 3 is 2.00 bits per heavy atom. The topological polar surface area (TPSA) is 63.6 Å². The Hall–Kier alpha value is -2.47. The lowest BCUT2D eigenvalue weighted by Gasteiger charge is -2.28. The first kappa shape index (κ1) is 19.3. The predicted octanol–water partition coefficient (Wildman–Crippen LogP) is 3.83. The lowest BCUT2D eigenvalue weighted by Crippen LogP contribution is -2.35. The molecule has 0 amide bonds. The minimum Gasteiger partial charge on any atom is -0.382 e. The third kappa shape index (κ3) is 4.83. The van der Waals surface area contributed by atoms with Crippen LogP contribution in [-0.2, 0) is 26.3 Å². The Balaban J connectivity index is 1.86. The van der Waals surface area contributed by atoms with E-state index >= 15 is 0 Å². The molecule has 27 heavy (non-hydrogen) atoms. The Morgan fingerprint density at radius 1 is 0.852 bits per heavy atom. The van der Waals surface area contributed by atoms with Crippen LogP contribution in [0.4, 0.5) is 0 Å². The molecule has 0 heterocycles. The van der Waals surface area contributed by atoms with Gasteiger partial charge in [-0.15, -0.1) is 0 Å². The van der Waals surface area contributed by atoms with E-state index in [9.17, 15) is 13.5 Å². The molecule has 3 rings (SSSR count). The first-order chi connectivity index (χ1) is 12.9. The molecule has 140 valence electrons. The van der Waals surface area contributed by atoms with Gasteiger partial charge in [-0.3, -0.25) is 4.18 Å². The molecule has 0 aromatic heterocycles. The molecule has 4 nitrogen and oxygen atoms in total. The van der Waals surface area contributed by atoms with Crippen LogP contribution in [-0.4, -0.2) is 20.1 Å². The Morgan fingerprint density at radius 2 is 1.41 bits per heavy atom. The number of hydrogen-bond donors (Lipinski definition) is 1. The van der Waals surface area contributed by atoms with Gasteiger partial charge in [-0.2, -0.15) is 8.42 Å². The van der Waals surface area contributed by atoms with E-state index in [1.807, 2.05) is 43.3 Å². The van der Waals surface area contributed by atoms with Crippen molar-refractivity contribution in [2.24, 2.45) is 0 Å². The molecular formula is C22H22O4S. The highest BCUT2D eigenvalue weighted by Gasteiger charge is 2.32. The van der Waals surface area contributed by atoms with E-state index in [-0.39, 0.29) is 17.9 Å². The standard InChI is InChI=1S/C22H22O4S/c1-18-12-14-21(15-13-18)27(24,25)26-17-22(23,20-10-6-3-7-11-20)16-19-8-4-2-5-9-19/h2-15,23H,16-17H2,1H3. The van der Waals surface area contributed by atoms with Crippen molar-refractivity contribution in [3.05, 3.63) is 102 Å². The van der Waals surface area contributed by atoms with Crippen LogP contribution in [0, 0.1) is 6.92 Å². The van der Waals surface area contributed by atoms with E-state index < -0.39 is 15.7 Å². The minimum atomic E-state index is -3.97. The first-order valence-corrected chi connectivity index (χ1v) is 10.1. The van der Waals surface area contributed by atoms with Crippen molar-refractivity contribution in [1.82, 2.24) is 0 Å². The Labute approximate surface area is 160 Å². The van der Waals surface area contributed by atoms with E-state index in [2.05, 4.69) is 0 Å². The van der Waals surface area contributed by atoms with Crippen LogP contribution >= 0.6 is 0 Å². The second-order valence-electron chi connectivity index (χ2n) is 6.59. The van der Waals surface area contributed by atoms with E-state index in [1.165, 1.54) is 12.1 Å². The van der Waals surface area contributed by atoms with Gasteiger partial charge in [0.2, 0.25) is 0 Å². The van der Waals surface area contributed by atoms with Crippen molar-refractivity contribution >= 4 is 10.1 Å². The van der Waals surface area contributed by atoms with Gasteiger partial charge in [-0.25, -0.2) is 0 Å². The predicted molar refractivity (Wildman–Crippen MR) is 105 cm³/mol. The maximum absolute atomic E-state index is 12.5. The molecule has 0 spiro atoms. The fourth-order valence-corrected chi connectivity index (χ4v) is 3.82. The zero-order chi connectivity index (χ0) is 19.3. The molecule has 0 bridgehead atoms. The maximum atomic E-state index is 12.5. The lowest BCUT2D eigenvalue weighted by atomic mass is 9.88. The quantitative estimate of drug-likeness (QED) is 0.631. The van der Waals surface area contributed by atoms with Crippen LogP contribution in [0.15, 0.2) is 89.8 Å². The molecule has 0 aliphatic rings. The van der Waals surface area contributed by atoms with Crippen molar-refractivity contribution in [3.63, 3.8) is 0 Å². The highest BCUT2D eigenvalue weighted by atomic mass is 32.2. The third-order valence-corrected chi connectivity index (χ3v) is 5.69. The highest BCUT2D eigenvalue weighted by molar-refractivity contribution is 7.86. The third-order valence-electron chi connectivity index (χ3n) is 4.41. The first-order valence-electron chi connectivity index (χ1n) is 8.67. The molecule has 0 radical (unpaired) electrons. The highest BCUT2D eigenvalue weighted by Crippen LogP contribution is 2.28. The van der Waals surface area contributed by atoms with Crippen molar-refractivity contribution in [2.45, 2.75) is 23.8 Å². The van der Waals surface area contributed by atoms with Gasteiger partial charge >= 0.3 is 0 Å². The monoisotopic (exact) mass is 382 g/mol. The van der Waals surface area contributed by atoms with Crippen LogP contribution in [0.1, 0.15) is 16.7 Å². The molecule has 1 atom stereocenters. The number of rotatable bonds is 7. The normalized spacial score (nSPS) is 13.9. The zero-order valence-electron chi connectivity index (χ0n) is 15.1. The van der Waals surface area contributed by atoms with Crippen LogP contribution < -0.4 is 0 Å². The molecule has 0 aliphatic carbocycles. The van der Waals surface area contributed by atoms with Crippen molar-refractivity contribution < 1.29 is 17.7 Å². The van der Waals surface area contributed by atoms with Crippen molar-refractivity contribution in [1.29, 1.82) is 0 Å². The molecule has 1 N–H and O–H groups in total. The van der Waals surface area contributed by atoms with Gasteiger partial charge in [0, 0.05) is 6.42 Å². The van der Waals surface area contributed by atoms with Gasteiger partial charge in [0.15, 0.2) is 0 Å². The molecule has 3 aromatic rings. The molecule has 0 saturated carbocycles. The minimum absolute atomic E-state index is 0.0724. The van der Waals surface area contributed by atoms with Gasteiger partial charge in [-0.05, 0) is 30.2 Å². The molecule has 0 aliphatic heterocycles. The molecule has 3 aromatic carbocycles. The van der Waals surface area contributed by atoms with Crippen LogP contribution in [0.2, 0.25) is 0 Å². The van der Waals surface area contributed by atoms with Crippen LogP contribution in [0.5, 0.6) is 0 Å². The summed E-state index contributed by atoms with van der Waals surface area (Å²) < 4.78 is 30.4. The lowest BCUT2D eigenvalue weighted by molar-refractivity contribution is -0.00739. The van der Waals surface area contributed by atoms with Crippen molar-refractivity contribution in [3.8, 4) is 0 Å². The van der Waals surface area contributed by atoms with Crippen LogP contribution in [0.3, 0.4) is 0 Å². The molecule has 0 fully saturated rings. The summed E-state index contributed by atoms with van der Waals surface area (Å²) in [6.07, 6.45) is 0.237. The fraction of sp³-hybridized carbons (Fsp3) is 0.182. The van der Waals surface area contributed by atoms with Crippen molar-refractivity contribution in [2.75, 3.05) is 6.61 Å². The number of aliphatic hydroxyl groups is 1. The summed E-state index contributed by atoms with van der Waals surface area (Å²) in [7, 11) is -3.97. The van der Waals surface area contributed by atoms with Gasteiger partial charge in [0.25, 0.3) is 10.1 Å². The van der Waals surface area contributed by atoms with E-state index in [1.54, 1.807) is 36.4 Å². The van der Waals surface area contributed by atoms with Gasteiger partial charge < -0.3 is 5.11 Å². The van der Waals surface area contributed by atoms with Gasteiger partial charge in [0.1, 0.15) is 5.60 Å². The second kappa shape index (κ2) is 8.05. The SMILES string of the molecule is Cc1ccc(S(=O)(=O)OCC(O)(Cc2ccccc2)c2ccccc2)cc1. The fourth-order valence-electron chi connectivity index (χ4n) is 2.87. The second-order valence-corrected chi connectivity index (χ2v) is 8.20. The largest absolute Gasteiger partial charge is 0.382 e. The number of benzene rings is 3. The number of hydrogen-bond acceptors (Lipinski definition) is 4. The van der Waals surface area contributed by atoms with Gasteiger partial charge in [-0.1, -0.05) is 78.4 Å². The molecule has 5 heteroatoms. The van der Waals surface area contributed by atoms with Gasteiger partial charge in [0.05, 0.1) is 11.5 Å². The van der Waals surface area contributed by atoms with E-state index in [0.717, 1.165) is 11.1 Å². The molecular weight excluding hydrogens is 360 g/mol. The summed E-state index contributed by atoms with van der Waals surface area (Å²) in [6, 6.07) is 24.9. The van der Waals surface area contributed by atoms with E-state index in [0.29, 0.717) is 5.56 Å². The average Bonchev–Trinajstić information content (AvgIpc) is 2.68. The Bertz CT molecular complexity index is 968. The zero-order valence-corrected chi connectivity index (χ0v) is 15.9. The van der Waals surface area contributed by atoms with E-state index in [4.69, 9.17) is 4.18 Å². The summed E-state index contributed by atoms with van der Waals surface area (Å²) in [4.78, 5) is 0.0724. The maximum Gasteiger partial charge on any atom is 0.297 e. The Kier molecular flexibility index (Phi) is 5.75. The summed E-state index contributed by atoms with van der Waals surface area (Å²) in [5.74, 6) is 0.